The van der Waals surface area contributed by atoms with Crippen molar-refractivity contribution in [3.8, 4) is 5.75 Å². The van der Waals surface area contributed by atoms with E-state index in [4.69, 9.17) is 19.2 Å². The molecule has 0 aliphatic carbocycles. The highest BCUT2D eigenvalue weighted by molar-refractivity contribution is 14.0. The second-order valence-corrected chi connectivity index (χ2v) is 8.09. The lowest BCUT2D eigenvalue weighted by Crippen LogP contribution is -2.47. The third kappa shape index (κ3) is 9.10. The Balaban J connectivity index is 0.00000341. The zero-order valence-corrected chi connectivity index (χ0v) is 21.1. The van der Waals surface area contributed by atoms with Gasteiger partial charge in [0.05, 0.1) is 25.4 Å². The van der Waals surface area contributed by atoms with Crippen LogP contribution in [0.15, 0.2) is 29.3 Å². The molecule has 2 aliphatic heterocycles. The van der Waals surface area contributed by atoms with Gasteiger partial charge in [0.25, 0.3) is 0 Å². The van der Waals surface area contributed by atoms with Crippen LogP contribution in [0.2, 0.25) is 0 Å². The number of hydrogen-bond donors (Lipinski definition) is 1. The molecule has 0 bridgehead atoms. The Morgan fingerprint density at radius 1 is 1.29 bits per heavy atom. The SMILES string of the molecule is CCNC(=NCC(C)Oc1cccc(F)c1)N1CCC(OCC2CCCCO2)CC1.I. The number of halogens is 2. The van der Waals surface area contributed by atoms with Gasteiger partial charge in [0.15, 0.2) is 5.96 Å². The Kier molecular flexibility index (Phi) is 11.9. The molecule has 2 unspecified atom stereocenters. The first-order valence-electron chi connectivity index (χ1n) is 11.3. The number of ether oxygens (including phenoxy) is 3. The van der Waals surface area contributed by atoms with Gasteiger partial charge >= 0.3 is 0 Å². The highest BCUT2D eigenvalue weighted by Crippen LogP contribution is 2.18. The smallest absolute Gasteiger partial charge is 0.194 e. The molecule has 2 fully saturated rings. The van der Waals surface area contributed by atoms with Crippen LogP contribution in [0.1, 0.15) is 46.0 Å². The van der Waals surface area contributed by atoms with Crippen molar-refractivity contribution in [3.63, 3.8) is 0 Å². The molecule has 2 saturated heterocycles. The van der Waals surface area contributed by atoms with Crippen LogP contribution in [0.25, 0.3) is 0 Å². The lowest BCUT2D eigenvalue weighted by atomic mass is 10.1. The maximum absolute atomic E-state index is 13.3. The second-order valence-electron chi connectivity index (χ2n) is 8.09. The minimum Gasteiger partial charge on any atom is -0.489 e. The van der Waals surface area contributed by atoms with E-state index in [2.05, 4.69) is 17.1 Å². The van der Waals surface area contributed by atoms with Gasteiger partial charge in [-0.2, -0.15) is 0 Å². The fourth-order valence-electron chi connectivity index (χ4n) is 3.87. The third-order valence-electron chi connectivity index (χ3n) is 5.50. The molecule has 2 heterocycles. The van der Waals surface area contributed by atoms with Gasteiger partial charge in [0.1, 0.15) is 17.7 Å². The molecular weight excluding hydrogens is 512 g/mol. The van der Waals surface area contributed by atoms with E-state index >= 15 is 0 Å². The Morgan fingerprint density at radius 2 is 2.10 bits per heavy atom. The molecule has 1 N–H and O–H groups in total. The molecule has 0 aromatic heterocycles. The zero-order chi connectivity index (χ0) is 21.2. The van der Waals surface area contributed by atoms with Crippen LogP contribution < -0.4 is 10.1 Å². The second kappa shape index (κ2) is 14.1. The highest BCUT2D eigenvalue weighted by atomic mass is 127. The number of benzene rings is 1. The Labute approximate surface area is 202 Å². The molecule has 31 heavy (non-hydrogen) atoms. The molecule has 2 atom stereocenters. The predicted octanol–water partition coefficient (Wildman–Crippen LogP) is 4.23. The molecule has 0 radical (unpaired) electrons. The topological polar surface area (TPSA) is 55.3 Å². The zero-order valence-electron chi connectivity index (χ0n) is 18.7. The number of likely N-dealkylation sites (tertiary alicyclic amines) is 1. The molecule has 1 aromatic carbocycles. The summed E-state index contributed by atoms with van der Waals surface area (Å²) < 4.78 is 31.0. The minimum atomic E-state index is -0.295. The van der Waals surface area contributed by atoms with Gasteiger partial charge in [-0.15, -0.1) is 24.0 Å². The van der Waals surface area contributed by atoms with Crippen molar-refractivity contribution in [3.05, 3.63) is 30.1 Å². The number of rotatable bonds is 8. The molecule has 1 aromatic rings. The summed E-state index contributed by atoms with van der Waals surface area (Å²) in [6.07, 6.45) is 5.95. The lowest BCUT2D eigenvalue weighted by Gasteiger charge is -2.35. The summed E-state index contributed by atoms with van der Waals surface area (Å²) in [5.41, 5.74) is 0. The van der Waals surface area contributed by atoms with Crippen LogP contribution in [0, 0.1) is 5.82 Å². The van der Waals surface area contributed by atoms with Crippen molar-refractivity contribution in [2.45, 2.75) is 64.3 Å². The summed E-state index contributed by atoms with van der Waals surface area (Å²) in [5.74, 6) is 1.14. The fraction of sp³-hybridized carbons (Fsp3) is 0.696. The van der Waals surface area contributed by atoms with Crippen LogP contribution in [0.4, 0.5) is 4.39 Å². The predicted molar refractivity (Wildman–Crippen MR) is 132 cm³/mol. The number of hydrogen-bond acceptors (Lipinski definition) is 4. The van der Waals surface area contributed by atoms with Crippen molar-refractivity contribution >= 4 is 29.9 Å². The summed E-state index contributed by atoms with van der Waals surface area (Å²) in [6, 6.07) is 6.22. The number of nitrogens with zero attached hydrogens (tertiary/aromatic N) is 2. The standard InChI is InChI=1S/C23H36FN3O3.HI/c1-3-25-23(26-16-18(2)30-21-9-6-7-19(24)15-21)27-12-10-20(11-13-27)29-17-22-8-4-5-14-28-22;/h6-7,9,15,18,20,22H,3-5,8,10-14,16-17H2,1-2H3,(H,25,26);1H. The number of piperidine rings is 1. The van der Waals surface area contributed by atoms with Crippen LogP contribution in [0.5, 0.6) is 5.75 Å². The first-order valence-corrected chi connectivity index (χ1v) is 11.3. The normalized spacial score (nSPS) is 21.3. The van der Waals surface area contributed by atoms with Gasteiger partial charge in [-0.1, -0.05) is 6.07 Å². The van der Waals surface area contributed by atoms with E-state index in [1.54, 1.807) is 12.1 Å². The van der Waals surface area contributed by atoms with Crippen LogP contribution in [-0.2, 0) is 9.47 Å². The third-order valence-corrected chi connectivity index (χ3v) is 5.50. The fourth-order valence-corrected chi connectivity index (χ4v) is 3.87. The van der Waals surface area contributed by atoms with Crippen molar-refractivity contribution in [2.24, 2.45) is 4.99 Å². The van der Waals surface area contributed by atoms with E-state index in [0.29, 0.717) is 25.0 Å². The van der Waals surface area contributed by atoms with Crippen molar-refractivity contribution in [1.29, 1.82) is 0 Å². The van der Waals surface area contributed by atoms with E-state index in [-0.39, 0.29) is 42.0 Å². The van der Waals surface area contributed by atoms with Crippen molar-refractivity contribution in [2.75, 3.05) is 39.4 Å². The van der Waals surface area contributed by atoms with Gasteiger partial charge in [0, 0.05) is 32.3 Å². The number of aliphatic imine (C=N–C) groups is 1. The van der Waals surface area contributed by atoms with Crippen LogP contribution >= 0.6 is 24.0 Å². The Morgan fingerprint density at radius 3 is 2.77 bits per heavy atom. The molecule has 0 spiro atoms. The lowest BCUT2D eigenvalue weighted by molar-refractivity contribution is -0.0721. The highest BCUT2D eigenvalue weighted by Gasteiger charge is 2.24. The number of nitrogens with one attached hydrogen (secondary N) is 1. The van der Waals surface area contributed by atoms with E-state index in [1.807, 2.05) is 6.92 Å². The summed E-state index contributed by atoms with van der Waals surface area (Å²) in [6.45, 7) is 8.77. The molecule has 6 nitrogen and oxygen atoms in total. The van der Waals surface area contributed by atoms with Crippen LogP contribution in [0.3, 0.4) is 0 Å². The van der Waals surface area contributed by atoms with E-state index < -0.39 is 0 Å². The van der Waals surface area contributed by atoms with E-state index in [9.17, 15) is 4.39 Å². The largest absolute Gasteiger partial charge is 0.489 e. The average molecular weight is 549 g/mol. The molecule has 3 rings (SSSR count). The van der Waals surface area contributed by atoms with E-state index in [1.165, 1.54) is 25.0 Å². The quantitative estimate of drug-likeness (QED) is 0.299. The van der Waals surface area contributed by atoms with E-state index in [0.717, 1.165) is 51.5 Å². The number of guanidine groups is 1. The Hall–Kier alpha value is -1.13. The van der Waals surface area contributed by atoms with Gasteiger partial charge in [-0.05, 0) is 58.1 Å². The van der Waals surface area contributed by atoms with Crippen molar-refractivity contribution in [1.82, 2.24) is 10.2 Å². The maximum Gasteiger partial charge on any atom is 0.194 e. The molecule has 8 heteroatoms. The monoisotopic (exact) mass is 549 g/mol. The summed E-state index contributed by atoms with van der Waals surface area (Å²) in [5, 5.41) is 3.38. The maximum atomic E-state index is 13.3. The van der Waals surface area contributed by atoms with Gasteiger partial charge in [-0.25, -0.2) is 9.38 Å². The van der Waals surface area contributed by atoms with Gasteiger partial charge in [0.2, 0.25) is 0 Å². The molecule has 0 amide bonds. The van der Waals surface area contributed by atoms with Gasteiger partial charge < -0.3 is 24.4 Å². The molecule has 0 saturated carbocycles. The summed E-state index contributed by atoms with van der Waals surface area (Å²) in [7, 11) is 0. The first-order chi connectivity index (χ1) is 14.6. The Bertz CT molecular complexity index is 665. The first kappa shape index (κ1) is 26.1. The molecule has 2 aliphatic rings. The summed E-state index contributed by atoms with van der Waals surface area (Å²) in [4.78, 5) is 7.04. The van der Waals surface area contributed by atoms with Gasteiger partial charge in [-0.3, -0.25) is 0 Å². The molecule has 176 valence electrons. The minimum absolute atomic E-state index is 0. The van der Waals surface area contributed by atoms with Crippen molar-refractivity contribution < 1.29 is 18.6 Å². The van der Waals surface area contributed by atoms with Crippen LogP contribution in [-0.4, -0.2) is 68.6 Å². The molecular formula is C23H37FIN3O3. The average Bonchev–Trinajstić information content (AvgIpc) is 2.76. The summed E-state index contributed by atoms with van der Waals surface area (Å²) >= 11 is 0.